The average Bonchev–Trinajstić information content (AvgIpc) is 2.47. The van der Waals surface area contributed by atoms with Crippen LogP contribution < -0.4 is 4.74 Å². The van der Waals surface area contributed by atoms with Gasteiger partial charge in [0.05, 0.1) is 24.7 Å². The molecule has 1 unspecified atom stereocenters. The van der Waals surface area contributed by atoms with E-state index in [4.69, 9.17) is 4.74 Å². The molecule has 1 fully saturated rings. The van der Waals surface area contributed by atoms with Crippen molar-refractivity contribution in [2.45, 2.75) is 45.6 Å². The second kappa shape index (κ2) is 5.85. The lowest BCUT2D eigenvalue weighted by Gasteiger charge is -2.37. The van der Waals surface area contributed by atoms with E-state index >= 15 is 0 Å². The Kier molecular flexibility index (Phi) is 4.35. The highest BCUT2D eigenvalue weighted by molar-refractivity contribution is 5.38. The Balaban J connectivity index is 2.27. The number of rotatable bonds is 3. The lowest BCUT2D eigenvalue weighted by atomic mass is 9.67. The lowest BCUT2D eigenvalue weighted by molar-refractivity contribution is 0.0266. The zero-order chi connectivity index (χ0) is 14.8. The van der Waals surface area contributed by atoms with Crippen molar-refractivity contribution in [3.8, 4) is 11.8 Å². The lowest BCUT2D eigenvalue weighted by Crippen LogP contribution is -2.32. The Bertz CT molecular complexity index is 510. The Morgan fingerprint density at radius 1 is 1.40 bits per heavy atom. The molecule has 3 nitrogen and oxygen atoms in total. The SMILES string of the molecule is COc1ccc(C(O)C2(C#N)CCC(C)CC2)cc1C. The van der Waals surface area contributed by atoms with E-state index in [0.29, 0.717) is 5.92 Å². The van der Waals surface area contributed by atoms with Crippen LogP contribution >= 0.6 is 0 Å². The molecule has 0 heterocycles. The summed E-state index contributed by atoms with van der Waals surface area (Å²) < 4.78 is 5.24. The smallest absolute Gasteiger partial charge is 0.121 e. The van der Waals surface area contributed by atoms with Crippen molar-refractivity contribution in [3.63, 3.8) is 0 Å². The van der Waals surface area contributed by atoms with Crippen LogP contribution in [-0.4, -0.2) is 12.2 Å². The van der Waals surface area contributed by atoms with Gasteiger partial charge in [-0.3, -0.25) is 0 Å². The van der Waals surface area contributed by atoms with Crippen molar-refractivity contribution in [3.05, 3.63) is 29.3 Å². The molecule has 1 aromatic rings. The van der Waals surface area contributed by atoms with Gasteiger partial charge in [0.1, 0.15) is 5.75 Å². The van der Waals surface area contributed by atoms with E-state index in [1.54, 1.807) is 7.11 Å². The van der Waals surface area contributed by atoms with Crippen molar-refractivity contribution < 1.29 is 9.84 Å². The van der Waals surface area contributed by atoms with Crippen molar-refractivity contribution in [2.24, 2.45) is 11.3 Å². The van der Waals surface area contributed by atoms with Crippen LogP contribution in [-0.2, 0) is 0 Å². The van der Waals surface area contributed by atoms with Crippen LogP contribution in [0, 0.1) is 29.6 Å². The second-order valence-electron chi connectivity index (χ2n) is 6.08. The number of ether oxygens (including phenoxy) is 1. The van der Waals surface area contributed by atoms with Gasteiger partial charge in [-0.05, 0) is 61.8 Å². The minimum absolute atomic E-state index is 0.631. The predicted molar refractivity (Wildman–Crippen MR) is 78.4 cm³/mol. The highest BCUT2D eigenvalue weighted by Crippen LogP contribution is 2.47. The van der Waals surface area contributed by atoms with Crippen LogP contribution in [0.25, 0.3) is 0 Å². The molecular formula is C17H23NO2. The van der Waals surface area contributed by atoms with Gasteiger partial charge >= 0.3 is 0 Å². The van der Waals surface area contributed by atoms with E-state index in [2.05, 4.69) is 13.0 Å². The molecule has 1 aliphatic rings. The van der Waals surface area contributed by atoms with E-state index in [1.165, 1.54) is 0 Å². The van der Waals surface area contributed by atoms with Crippen LogP contribution in [0.15, 0.2) is 18.2 Å². The van der Waals surface area contributed by atoms with E-state index in [0.717, 1.165) is 42.6 Å². The molecule has 0 spiro atoms. The molecule has 3 heteroatoms. The van der Waals surface area contributed by atoms with Gasteiger partial charge in [0.15, 0.2) is 0 Å². The highest BCUT2D eigenvalue weighted by atomic mass is 16.5. The fourth-order valence-corrected chi connectivity index (χ4v) is 3.11. The van der Waals surface area contributed by atoms with E-state index in [-0.39, 0.29) is 0 Å². The zero-order valence-corrected chi connectivity index (χ0v) is 12.5. The molecule has 1 aromatic carbocycles. The summed E-state index contributed by atoms with van der Waals surface area (Å²) in [4.78, 5) is 0. The summed E-state index contributed by atoms with van der Waals surface area (Å²) in [6.07, 6.45) is 2.86. The van der Waals surface area contributed by atoms with E-state index in [1.807, 2.05) is 25.1 Å². The van der Waals surface area contributed by atoms with Crippen molar-refractivity contribution in [1.82, 2.24) is 0 Å². The number of hydrogen-bond acceptors (Lipinski definition) is 3. The summed E-state index contributed by atoms with van der Waals surface area (Å²) in [5.41, 5.74) is 1.17. The summed E-state index contributed by atoms with van der Waals surface area (Å²) >= 11 is 0. The third kappa shape index (κ3) is 2.66. The minimum atomic E-state index is -0.718. The molecule has 0 bridgehead atoms. The molecule has 20 heavy (non-hydrogen) atoms. The molecule has 0 saturated heterocycles. The number of aliphatic hydroxyl groups is 1. The molecule has 0 amide bonds. The van der Waals surface area contributed by atoms with Crippen LogP contribution in [0.3, 0.4) is 0 Å². The molecule has 0 aliphatic heterocycles. The van der Waals surface area contributed by atoms with Crippen LogP contribution in [0.5, 0.6) is 5.75 Å². The third-order valence-corrected chi connectivity index (χ3v) is 4.65. The van der Waals surface area contributed by atoms with Gasteiger partial charge in [-0.2, -0.15) is 5.26 Å². The van der Waals surface area contributed by atoms with Gasteiger partial charge in [-0.1, -0.05) is 13.0 Å². The standard InChI is InChI=1S/C17H23NO2/c1-12-6-8-17(11-18,9-7-12)16(19)14-4-5-15(20-3)13(2)10-14/h4-5,10,12,16,19H,6-9H2,1-3H3. The number of nitriles is 1. The summed E-state index contributed by atoms with van der Waals surface area (Å²) in [7, 11) is 1.64. The van der Waals surface area contributed by atoms with Crippen LogP contribution in [0.2, 0.25) is 0 Å². The molecule has 108 valence electrons. The number of hydrogen-bond donors (Lipinski definition) is 1. The van der Waals surface area contributed by atoms with Gasteiger partial charge in [-0.25, -0.2) is 0 Å². The van der Waals surface area contributed by atoms with E-state index < -0.39 is 11.5 Å². The first-order valence-electron chi connectivity index (χ1n) is 7.26. The summed E-state index contributed by atoms with van der Waals surface area (Å²) in [6, 6.07) is 8.07. The maximum Gasteiger partial charge on any atom is 0.121 e. The number of methoxy groups -OCH3 is 1. The Labute approximate surface area is 121 Å². The molecule has 0 aromatic heterocycles. The molecule has 2 rings (SSSR count). The number of aryl methyl sites for hydroxylation is 1. The van der Waals surface area contributed by atoms with Crippen molar-refractivity contribution in [1.29, 1.82) is 5.26 Å². The van der Waals surface area contributed by atoms with Gasteiger partial charge in [-0.15, -0.1) is 0 Å². The molecular weight excluding hydrogens is 250 g/mol. The molecule has 1 N–H and O–H groups in total. The minimum Gasteiger partial charge on any atom is -0.496 e. The van der Waals surface area contributed by atoms with Gasteiger partial charge < -0.3 is 9.84 Å². The van der Waals surface area contributed by atoms with Crippen LogP contribution in [0.4, 0.5) is 0 Å². The Morgan fingerprint density at radius 3 is 2.55 bits per heavy atom. The topological polar surface area (TPSA) is 53.2 Å². The Morgan fingerprint density at radius 2 is 2.05 bits per heavy atom. The first kappa shape index (κ1) is 14.9. The summed E-state index contributed by atoms with van der Waals surface area (Å²) in [5.74, 6) is 1.46. The van der Waals surface area contributed by atoms with Crippen molar-refractivity contribution >= 4 is 0 Å². The molecule has 0 radical (unpaired) electrons. The number of benzene rings is 1. The highest BCUT2D eigenvalue weighted by Gasteiger charge is 2.41. The molecule has 1 atom stereocenters. The van der Waals surface area contributed by atoms with Crippen LogP contribution in [0.1, 0.15) is 49.8 Å². The fourth-order valence-electron chi connectivity index (χ4n) is 3.11. The number of nitrogens with zero attached hydrogens (tertiary/aromatic N) is 1. The zero-order valence-electron chi connectivity index (χ0n) is 12.5. The maximum atomic E-state index is 10.7. The fraction of sp³-hybridized carbons (Fsp3) is 0.588. The second-order valence-corrected chi connectivity index (χ2v) is 6.08. The number of aliphatic hydroxyl groups excluding tert-OH is 1. The largest absolute Gasteiger partial charge is 0.496 e. The van der Waals surface area contributed by atoms with Gasteiger partial charge in [0, 0.05) is 0 Å². The first-order chi connectivity index (χ1) is 9.52. The maximum absolute atomic E-state index is 10.7. The predicted octanol–water partition coefficient (Wildman–Crippen LogP) is 3.76. The van der Waals surface area contributed by atoms with E-state index in [9.17, 15) is 10.4 Å². The normalized spacial score (nSPS) is 27.6. The molecule has 1 aliphatic carbocycles. The van der Waals surface area contributed by atoms with Gasteiger partial charge in [0.25, 0.3) is 0 Å². The first-order valence-corrected chi connectivity index (χ1v) is 7.26. The summed E-state index contributed by atoms with van der Waals surface area (Å²) in [5, 5.41) is 20.3. The monoisotopic (exact) mass is 273 g/mol. The average molecular weight is 273 g/mol. The third-order valence-electron chi connectivity index (χ3n) is 4.65. The summed E-state index contributed by atoms with van der Waals surface area (Å²) in [6.45, 7) is 4.17. The van der Waals surface area contributed by atoms with Gasteiger partial charge in [0.2, 0.25) is 0 Å². The quantitative estimate of drug-likeness (QED) is 0.912. The molecule has 1 saturated carbocycles. The Hall–Kier alpha value is -1.53. The van der Waals surface area contributed by atoms with Crippen molar-refractivity contribution in [2.75, 3.05) is 7.11 Å².